The van der Waals surface area contributed by atoms with E-state index in [2.05, 4.69) is 10.9 Å². The van der Waals surface area contributed by atoms with Crippen LogP contribution < -0.4 is 10.9 Å². The van der Waals surface area contributed by atoms with Crippen molar-refractivity contribution in [1.29, 1.82) is 0 Å². The fraction of sp³-hybridized carbons (Fsp3) is 0.636. The number of hydrazine groups is 1. The first-order valence-electron chi connectivity index (χ1n) is 10.3. The first kappa shape index (κ1) is 17.2. The molecule has 2 amide bonds. The van der Waals surface area contributed by atoms with Gasteiger partial charge in [-0.2, -0.15) is 0 Å². The fourth-order valence-corrected chi connectivity index (χ4v) is 6.68. The predicted octanol–water partition coefficient (Wildman–Crippen LogP) is 3.61. The Morgan fingerprint density at radius 3 is 2.00 bits per heavy atom. The van der Waals surface area contributed by atoms with Crippen molar-refractivity contribution in [3.8, 4) is 0 Å². The number of hydrogen-bond donors (Lipinski definition) is 2. The molecule has 0 saturated heterocycles. The molecule has 5 aliphatic rings. The summed E-state index contributed by atoms with van der Waals surface area (Å²) in [5.41, 5.74) is 5.69. The van der Waals surface area contributed by atoms with Crippen LogP contribution in [0.2, 0.25) is 0 Å². The van der Waals surface area contributed by atoms with Gasteiger partial charge < -0.3 is 0 Å². The Labute approximate surface area is 159 Å². The van der Waals surface area contributed by atoms with Gasteiger partial charge in [0.2, 0.25) is 11.8 Å². The van der Waals surface area contributed by atoms with Crippen molar-refractivity contribution in [2.45, 2.75) is 63.2 Å². The number of carbonyl (C=O) groups excluding carboxylic acids is 2. The Kier molecular flexibility index (Phi) is 3.85. The molecule has 27 heavy (non-hydrogen) atoms. The van der Waals surface area contributed by atoms with Crippen LogP contribution in [0.1, 0.15) is 63.4 Å². The number of benzene rings is 1. The van der Waals surface area contributed by atoms with Gasteiger partial charge in [0.15, 0.2) is 0 Å². The van der Waals surface area contributed by atoms with Crippen molar-refractivity contribution in [1.82, 2.24) is 10.9 Å². The van der Waals surface area contributed by atoms with Gasteiger partial charge in [-0.3, -0.25) is 20.4 Å². The first-order chi connectivity index (χ1) is 13.0. The van der Waals surface area contributed by atoms with Crippen LogP contribution in [0.25, 0.3) is 0 Å². The van der Waals surface area contributed by atoms with Crippen LogP contribution in [0.15, 0.2) is 24.3 Å². The summed E-state index contributed by atoms with van der Waals surface area (Å²) in [6.45, 7) is 0. The van der Waals surface area contributed by atoms with E-state index in [1.807, 2.05) is 0 Å². The Morgan fingerprint density at radius 1 is 0.926 bits per heavy atom. The summed E-state index contributed by atoms with van der Waals surface area (Å²) in [6.07, 6.45) is 9.61. The van der Waals surface area contributed by atoms with E-state index in [1.54, 1.807) is 12.1 Å². The summed E-state index contributed by atoms with van der Waals surface area (Å²) < 4.78 is 13.1. The van der Waals surface area contributed by atoms with Crippen LogP contribution in [-0.2, 0) is 15.0 Å². The van der Waals surface area contributed by atoms with Gasteiger partial charge in [-0.05, 0) is 92.2 Å². The molecule has 0 radical (unpaired) electrons. The highest BCUT2D eigenvalue weighted by molar-refractivity contribution is 5.92. The van der Waals surface area contributed by atoms with Gasteiger partial charge in [0.05, 0.1) is 5.41 Å². The summed E-state index contributed by atoms with van der Waals surface area (Å²) in [5, 5.41) is 0. The standard InChI is InChI=1S/C22H27FN2O2/c23-18-3-1-17(2-4-18)22(5-6-22)20(27)25-24-19(26)13-21-10-14-7-15(11-21)9-16(8-14)12-21/h1-4,14-16H,5-13H2,(H,24,26)(H,25,27). The van der Waals surface area contributed by atoms with E-state index in [0.29, 0.717) is 6.42 Å². The summed E-state index contributed by atoms with van der Waals surface area (Å²) in [7, 11) is 0. The molecular weight excluding hydrogens is 343 g/mol. The molecular formula is C22H27FN2O2. The molecule has 4 nitrogen and oxygen atoms in total. The van der Waals surface area contributed by atoms with Gasteiger partial charge in [0.1, 0.15) is 5.82 Å². The van der Waals surface area contributed by atoms with E-state index in [0.717, 1.165) is 36.2 Å². The maximum absolute atomic E-state index is 13.1. The van der Waals surface area contributed by atoms with Crippen molar-refractivity contribution < 1.29 is 14.0 Å². The summed E-state index contributed by atoms with van der Waals surface area (Å²) >= 11 is 0. The molecule has 6 rings (SSSR count). The van der Waals surface area contributed by atoms with Crippen molar-refractivity contribution in [3.05, 3.63) is 35.6 Å². The molecule has 2 N–H and O–H groups in total. The van der Waals surface area contributed by atoms with Crippen molar-refractivity contribution in [2.75, 3.05) is 0 Å². The van der Waals surface area contributed by atoms with Crippen LogP contribution in [0.5, 0.6) is 0 Å². The summed E-state index contributed by atoms with van der Waals surface area (Å²) in [5.74, 6) is 1.87. The molecule has 0 unspecified atom stereocenters. The van der Waals surface area contributed by atoms with Gasteiger partial charge in [0.25, 0.3) is 0 Å². The van der Waals surface area contributed by atoms with E-state index >= 15 is 0 Å². The average Bonchev–Trinajstić information content (AvgIpc) is 3.40. The van der Waals surface area contributed by atoms with Gasteiger partial charge in [-0.15, -0.1) is 0 Å². The number of amides is 2. The lowest BCUT2D eigenvalue weighted by Crippen LogP contribution is -2.51. The van der Waals surface area contributed by atoms with Crippen LogP contribution in [0, 0.1) is 29.0 Å². The van der Waals surface area contributed by atoms with Gasteiger partial charge in [-0.1, -0.05) is 12.1 Å². The Balaban J connectivity index is 1.19. The molecule has 5 heteroatoms. The third-order valence-electron chi connectivity index (χ3n) is 7.60. The zero-order chi connectivity index (χ0) is 18.6. The van der Waals surface area contributed by atoms with Gasteiger partial charge >= 0.3 is 0 Å². The molecule has 5 fully saturated rings. The van der Waals surface area contributed by atoms with Gasteiger partial charge in [-0.25, -0.2) is 4.39 Å². The lowest BCUT2D eigenvalue weighted by Gasteiger charge is -2.56. The third kappa shape index (κ3) is 3.05. The molecule has 0 aromatic heterocycles. The maximum atomic E-state index is 13.1. The van der Waals surface area contributed by atoms with Crippen LogP contribution >= 0.6 is 0 Å². The minimum atomic E-state index is -0.609. The normalized spacial score (nSPS) is 34.9. The monoisotopic (exact) mass is 370 g/mol. The lowest BCUT2D eigenvalue weighted by atomic mass is 9.49. The second-order valence-corrected chi connectivity index (χ2v) is 9.69. The van der Waals surface area contributed by atoms with Crippen molar-refractivity contribution >= 4 is 11.8 Å². The SMILES string of the molecule is O=C(CC12CC3CC(CC(C3)C1)C2)NNC(=O)C1(c2ccc(F)cc2)CC1. The summed E-state index contributed by atoms with van der Waals surface area (Å²) in [4.78, 5) is 25.2. The first-order valence-corrected chi connectivity index (χ1v) is 10.3. The van der Waals surface area contributed by atoms with Gasteiger partial charge in [0, 0.05) is 6.42 Å². The molecule has 144 valence electrons. The Bertz CT molecular complexity index is 734. The van der Waals surface area contributed by atoms with E-state index in [9.17, 15) is 14.0 Å². The zero-order valence-electron chi connectivity index (χ0n) is 15.6. The second kappa shape index (κ2) is 6.05. The zero-order valence-corrected chi connectivity index (χ0v) is 15.6. The second-order valence-electron chi connectivity index (χ2n) is 9.69. The molecule has 1 aromatic carbocycles. The predicted molar refractivity (Wildman–Crippen MR) is 98.8 cm³/mol. The lowest BCUT2D eigenvalue weighted by molar-refractivity contribution is -0.135. The number of rotatable bonds is 4. The third-order valence-corrected chi connectivity index (χ3v) is 7.60. The fourth-order valence-electron chi connectivity index (χ4n) is 6.68. The minimum absolute atomic E-state index is 0.0693. The molecule has 0 heterocycles. The average molecular weight is 370 g/mol. The number of halogens is 1. The van der Waals surface area contributed by atoms with Crippen molar-refractivity contribution in [3.63, 3.8) is 0 Å². The van der Waals surface area contributed by atoms with E-state index in [4.69, 9.17) is 0 Å². The molecule has 5 aliphatic carbocycles. The topological polar surface area (TPSA) is 58.2 Å². The Hall–Kier alpha value is -1.91. The van der Waals surface area contributed by atoms with Crippen LogP contribution in [0.3, 0.4) is 0 Å². The highest BCUT2D eigenvalue weighted by atomic mass is 19.1. The summed E-state index contributed by atoms with van der Waals surface area (Å²) in [6, 6.07) is 6.10. The van der Waals surface area contributed by atoms with Crippen LogP contribution in [0.4, 0.5) is 4.39 Å². The largest absolute Gasteiger partial charge is 0.273 e. The van der Waals surface area contributed by atoms with Crippen molar-refractivity contribution in [2.24, 2.45) is 23.2 Å². The van der Waals surface area contributed by atoms with E-state index in [1.165, 1.54) is 50.7 Å². The molecule has 1 aromatic rings. The van der Waals surface area contributed by atoms with E-state index < -0.39 is 5.41 Å². The molecule has 0 aliphatic heterocycles. The number of carbonyl (C=O) groups is 2. The smallest absolute Gasteiger partial charge is 0.249 e. The van der Waals surface area contributed by atoms with Crippen LogP contribution in [-0.4, -0.2) is 11.8 Å². The molecule has 0 spiro atoms. The molecule has 5 saturated carbocycles. The molecule has 4 bridgehead atoms. The molecule has 0 atom stereocenters. The quantitative estimate of drug-likeness (QED) is 0.796. The highest BCUT2D eigenvalue weighted by Crippen LogP contribution is 2.61. The Morgan fingerprint density at radius 2 is 1.48 bits per heavy atom. The number of hydrogen-bond acceptors (Lipinski definition) is 2. The highest BCUT2D eigenvalue weighted by Gasteiger charge is 2.53. The van der Waals surface area contributed by atoms with E-state index in [-0.39, 0.29) is 23.0 Å². The number of nitrogens with one attached hydrogen (secondary N) is 2. The maximum Gasteiger partial charge on any atom is 0.249 e. The minimum Gasteiger partial charge on any atom is -0.273 e.